The molecule has 0 aliphatic heterocycles. The lowest BCUT2D eigenvalue weighted by atomic mass is 10.1. The molecular formula is C22H34N2OSi. The van der Waals surface area contributed by atoms with Crippen LogP contribution < -0.4 is 5.73 Å². The van der Waals surface area contributed by atoms with Gasteiger partial charge in [-0.15, -0.1) is 0 Å². The summed E-state index contributed by atoms with van der Waals surface area (Å²) in [6.07, 6.45) is 2.04. The molecule has 0 bridgehead atoms. The highest BCUT2D eigenvalue weighted by Gasteiger charge is 2.44. The zero-order valence-electron chi connectivity index (χ0n) is 17.3. The second-order valence-electron chi connectivity index (χ2n) is 8.14. The molecule has 4 heteroatoms. The van der Waals surface area contributed by atoms with Gasteiger partial charge in [0, 0.05) is 23.3 Å². The van der Waals surface area contributed by atoms with Gasteiger partial charge in [0.05, 0.1) is 6.61 Å². The van der Waals surface area contributed by atoms with E-state index in [-0.39, 0.29) is 6.04 Å². The molecule has 0 fully saturated rings. The van der Waals surface area contributed by atoms with E-state index >= 15 is 0 Å². The Morgan fingerprint density at radius 1 is 1.04 bits per heavy atom. The van der Waals surface area contributed by atoms with Gasteiger partial charge in [-0.05, 0) is 47.7 Å². The highest BCUT2D eigenvalue weighted by molar-refractivity contribution is 6.77. The Morgan fingerprint density at radius 2 is 1.65 bits per heavy atom. The summed E-state index contributed by atoms with van der Waals surface area (Å²) in [5, 5.41) is 0. The Morgan fingerprint density at radius 3 is 2.19 bits per heavy atom. The van der Waals surface area contributed by atoms with Crippen molar-refractivity contribution in [3.8, 4) is 11.8 Å². The van der Waals surface area contributed by atoms with E-state index in [2.05, 4.69) is 69.9 Å². The van der Waals surface area contributed by atoms with Crippen LogP contribution in [0.5, 0.6) is 0 Å². The van der Waals surface area contributed by atoms with Crippen molar-refractivity contribution in [2.75, 3.05) is 6.61 Å². The van der Waals surface area contributed by atoms with E-state index < -0.39 is 8.32 Å². The number of hydrogen-bond donors (Lipinski definition) is 1. The van der Waals surface area contributed by atoms with Crippen LogP contribution in [0.3, 0.4) is 0 Å². The zero-order valence-corrected chi connectivity index (χ0v) is 18.3. The normalized spacial score (nSPS) is 13.5. The minimum Gasteiger partial charge on any atom is -0.405 e. The van der Waals surface area contributed by atoms with E-state index in [1.165, 1.54) is 0 Å². The largest absolute Gasteiger partial charge is 0.405 e. The lowest BCUT2D eigenvalue weighted by Gasteiger charge is -2.41. The third-order valence-electron chi connectivity index (χ3n) is 5.51. The molecule has 2 aromatic heterocycles. The highest BCUT2D eigenvalue weighted by Crippen LogP contribution is 2.42. The molecule has 0 amide bonds. The van der Waals surface area contributed by atoms with Gasteiger partial charge in [0.25, 0.3) is 0 Å². The standard InChI is InChI=1S/C22H34N2OSi/c1-16(2)26(17(3)4,18(5)6)25-14-10-12-22-21(19(7)23)15-20-11-8-9-13-24(20)22/h8-9,11,13,15-19H,14,23H2,1-7H3. The first-order valence-corrected chi connectivity index (χ1v) is 11.8. The summed E-state index contributed by atoms with van der Waals surface area (Å²) in [7, 11) is -1.87. The minimum absolute atomic E-state index is 0.0458. The molecular weight excluding hydrogens is 336 g/mol. The van der Waals surface area contributed by atoms with E-state index in [4.69, 9.17) is 10.2 Å². The van der Waals surface area contributed by atoms with Gasteiger partial charge in [0.1, 0.15) is 5.69 Å². The Hall–Kier alpha value is -1.54. The van der Waals surface area contributed by atoms with Gasteiger partial charge in [-0.25, -0.2) is 0 Å². The SMILES string of the molecule is CC(N)c1cc2ccccn2c1C#CCO[Si](C(C)C)(C(C)C)C(C)C. The lowest BCUT2D eigenvalue weighted by molar-refractivity contribution is 0.322. The molecule has 0 saturated carbocycles. The van der Waals surface area contributed by atoms with Gasteiger partial charge in [-0.2, -0.15) is 0 Å². The van der Waals surface area contributed by atoms with Gasteiger partial charge in [-0.3, -0.25) is 0 Å². The quantitative estimate of drug-likeness (QED) is 0.538. The van der Waals surface area contributed by atoms with E-state index in [0.29, 0.717) is 23.2 Å². The van der Waals surface area contributed by atoms with Crippen LogP contribution in [-0.4, -0.2) is 19.3 Å². The van der Waals surface area contributed by atoms with Gasteiger partial charge in [0.2, 0.25) is 8.32 Å². The van der Waals surface area contributed by atoms with Crippen LogP contribution in [-0.2, 0) is 4.43 Å². The first kappa shape index (κ1) is 20.8. The van der Waals surface area contributed by atoms with Crippen LogP contribution in [0.2, 0.25) is 16.6 Å². The van der Waals surface area contributed by atoms with Crippen molar-refractivity contribution in [3.05, 3.63) is 41.7 Å². The maximum atomic E-state index is 6.55. The topological polar surface area (TPSA) is 39.7 Å². The summed E-state index contributed by atoms with van der Waals surface area (Å²) in [4.78, 5) is 0. The van der Waals surface area contributed by atoms with Crippen molar-refractivity contribution in [3.63, 3.8) is 0 Å². The number of aromatic nitrogens is 1. The van der Waals surface area contributed by atoms with Crippen molar-refractivity contribution in [2.45, 2.75) is 71.1 Å². The van der Waals surface area contributed by atoms with Gasteiger partial charge < -0.3 is 14.6 Å². The number of hydrogen-bond acceptors (Lipinski definition) is 2. The maximum Gasteiger partial charge on any atom is 0.201 e. The molecule has 2 heterocycles. The predicted octanol–water partition coefficient (Wildman–Crippen LogP) is 5.50. The summed E-state index contributed by atoms with van der Waals surface area (Å²) < 4.78 is 8.66. The Bertz CT molecular complexity index is 772. The van der Waals surface area contributed by atoms with Gasteiger partial charge in [0.15, 0.2) is 0 Å². The zero-order chi connectivity index (χ0) is 19.5. The summed E-state index contributed by atoms with van der Waals surface area (Å²) in [6.45, 7) is 16.3. The number of pyridine rings is 1. The van der Waals surface area contributed by atoms with Crippen LogP contribution >= 0.6 is 0 Å². The van der Waals surface area contributed by atoms with Crippen molar-refractivity contribution < 1.29 is 4.43 Å². The van der Waals surface area contributed by atoms with E-state index in [0.717, 1.165) is 16.8 Å². The van der Waals surface area contributed by atoms with Crippen molar-refractivity contribution in [1.82, 2.24) is 4.40 Å². The van der Waals surface area contributed by atoms with Gasteiger partial charge >= 0.3 is 0 Å². The molecule has 0 saturated heterocycles. The fraction of sp³-hybridized carbons (Fsp3) is 0.545. The summed E-state index contributed by atoms with van der Waals surface area (Å²) in [5.74, 6) is 6.62. The number of rotatable bonds is 6. The molecule has 142 valence electrons. The third kappa shape index (κ3) is 3.90. The molecule has 0 radical (unpaired) electrons. The van der Waals surface area contributed by atoms with E-state index in [9.17, 15) is 0 Å². The van der Waals surface area contributed by atoms with Gasteiger partial charge in [-0.1, -0.05) is 53.5 Å². The monoisotopic (exact) mass is 370 g/mol. The molecule has 3 nitrogen and oxygen atoms in total. The Kier molecular flexibility index (Phi) is 6.73. The lowest BCUT2D eigenvalue weighted by Crippen LogP contribution is -2.47. The molecule has 2 rings (SSSR count). The van der Waals surface area contributed by atoms with Crippen molar-refractivity contribution >= 4 is 13.8 Å². The average molecular weight is 371 g/mol. The maximum absolute atomic E-state index is 6.55. The molecule has 2 N–H and O–H groups in total. The molecule has 0 spiro atoms. The van der Waals surface area contributed by atoms with Crippen LogP contribution in [0.25, 0.3) is 5.52 Å². The number of nitrogens with two attached hydrogens (primary N) is 1. The smallest absolute Gasteiger partial charge is 0.201 e. The predicted molar refractivity (Wildman–Crippen MR) is 114 cm³/mol. The average Bonchev–Trinajstić information content (AvgIpc) is 2.93. The first-order valence-electron chi connectivity index (χ1n) is 9.70. The second-order valence-corrected chi connectivity index (χ2v) is 13.6. The Balaban J connectivity index is 2.30. The molecule has 1 unspecified atom stereocenters. The first-order chi connectivity index (χ1) is 12.2. The molecule has 2 aromatic rings. The number of nitrogens with zero attached hydrogens (tertiary/aromatic N) is 1. The second kappa shape index (κ2) is 8.43. The van der Waals surface area contributed by atoms with Crippen LogP contribution in [0.15, 0.2) is 30.5 Å². The van der Waals surface area contributed by atoms with Crippen molar-refractivity contribution in [2.24, 2.45) is 5.73 Å². The fourth-order valence-electron chi connectivity index (χ4n) is 4.40. The minimum atomic E-state index is -1.87. The third-order valence-corrected chi connectivity index (χ3v) is 11.6. The summed E-state index contributed by atoms with van der Waals surface area (Å²) in [5.41, 5.74) is 11.1. The van der Waals surface area contributed by atoms with Crippen molar-refractivity contribution in [1.29, 1.82) is 0 Å². The molecule has 26 heavy (non-hydrogen) atoms. The van der Waals surface area contributed by atoms with E-state index in [1.54, 1.807) is 0 Å². The fourth-order valence-corrected chi connectivity index (χ4v) is 9.73. The molecule has 0 aliphatic carbocycles. The van der Waals surface area contributed by atoms with Crippen LogP contribution in [0.1, 0.15) is 65.8 Å². The van der Waals surface area contributed by atoms with Crippen LogP contribution in [0, 0.1) is 11.8 Å². The molecule has 0 aliphatic rings. The summed E-state index contributed by atoms with van der Waals surface area (Å²) >= 11 is 0. The highest BCUT2D eigenvalue weighted by atomic mass is 28.4. The van der Waals surface area contributed by atoms with E-state index in [1.807, 2.05) is 25.3 Å². The Labute approximate surface area is 160 Å². The molecule has 0 aromatic carbocycles. The molecule has 1 atom stereocenters. The number of fused-ring (bicyclic) bond motifs is 1. The van der Waals surface area contributed by atoms with Crippen LogP contribution in [0.4, 0.5) is 0 Å². The summed E-state index contributed by atoms with van der Waals surface area (Å²) in [6, 6.07) is 8.23.